The predicted octanol–water partition coefficient (Wildman–Crippen LogP) is 2.42. The second kappa shape index (κ2) is 6.76. The molecule has 25 heavy (non-hydrogen) atoms. The zero-order chi connectivity index (χ0) is 18.0. The number of pyridine rings is 1. The Morgan fingerprint density at radius 3 is 2.56 bits per heavy atom. The summed E-state index contributed by atoms with van der Waals surface area (Å²) >= 11 is 0. The Morgan fingerprint density at radius 2 is 1.92 bits per heavy atom. The van der Waals surface area contributed by atoms with E-state index in [0.717, 1.165) is 28.3 Å². The summed E-state index contributed by atoms with van der Waals surface area (Å²) in [5.74, 6) is 0.536. The molecule has 3 aromatic rings. The Bertz CT molecular complexity index is 968. The molecule has 6 nitrogen and oxygen atoms in total. The SMILES string of the molecule is Cc1cc(C(=O)NCc2ccc(-n3ccnc3C)cc2)c(=O)[nH]c1C. The highest BCUT2D eigenvalue weighted by atomic mass is 16.2. The van der Waals surface area contributed by atoms with Gasteiger partial charge in [-0.3, -0.25) is 9.59 Å². The summed E-state index contributed by atoms with van der Waals surface area (Å²) in [6.45, 7) is 5.96. The molecule has 1 amide bonds. The van der Waals surface area contributed by atoms with E-state index in [1.165, 1.54) is 0 Å². The van der Waals surface area contributed by atoms with E-state index < -0.39 is 0 Å². The molecule has 2 N–H and O–H groups in total. The molecule has 2 heterocycles. The standard InChI is InChI=1S/C19H20N4O2/c1-12-10-17(19(25)22-13(12)2)18(24)21-11-15-4-6-16(7-5-15)23-9-8-20-14(23)3/h4-10H,11H2,1-3H3,(H,21,24)(H,22,25). The molecule has 0 fully saturated rings. The summed E-state index contributed by atoms with van der Waals surface area (Å²) in [6.07, 6.45) is 3.66. The molecule has 0 aliphatic heterocycles. The van der Waals surface area contributed by atoms with Gasteiger partial charge in [-0.2, -0.15) is 0 Å². The lowest BCUT2D eigenvalue weighted by atomic mass is 10.1. The lowest BCUT2D eigenvalue weighted by Gasteiger charge is -2.09. The van der Waals surface area contributed by atoms with Crippen LogP contribution in [0.15, 0.2) is 47.5 Å². The number of H-pyrrole nitrogens is 1. The van der Waals surface area contributed by atoms with Crippen LogP contribution in [-0.2, 0) is 6.54 Å². The van der Waals surface area contributed by atoms with Crippen LogP contribution in [0, 0.1) is 20.8 Å². The molecule has 128 valence electrons. The first kappa shape index (κ1) is 16.7. The van der Waals surface area contributed by atoms with E-state index in [1.54, 1.807) is 12.3 Å². The topological polar surface area (TPSA) is 79.8 Å². The fraction of sp³-hybridized carbons (Fsp3) is 0.211. The minimum atomic E-state index is -0.376. The molecule has 0 unspecified atom stereocenters. The Balaban J connectivity index is 1.70. The quantitative estimate of drug-likeness (QED) is 0.768. The van der Waals surface area contributed by atoms with Crippen LogP contribution in [0.5, 0.6) is 0 Å². The number of carbonyl (C=O) groups is 1. The Morgan fingerprint density at radius 1 is 1.20 bits per heavy atom. The minimum Gasteiger partial charge on any atom is -0.348 e. The molecule has 0 saturated heterocycles. The van der Waals surface area contributed by atoms with E-state index in [4.69, 9.17) is 0 Å². The first-order valence-electron chi connectivity index (χ1n) is 8.03. The van der Waals surface area contributed by atoms with E-state index in [-0.39, 0.29) is 17.0 Å². The van der Waals surface area contributed by atoms with Gasteiger partial charge in [0.25, 0.3) is 11.5 Å². The van der Waals surface area contributed by atoms with Crippen LogP contribution < -0.4 is 10.9 Å². The molecule has 2 aromatic heterocycles. The molecule has 0 aliphatic carbocycles. The van der Waals surface area contributed by atoms with Gasteiger partial charge in [-0.25, -0.2) is 4.98 Å². The van der Waals surface area contributed by atoms with Gasteiger partial charge in [-0.05, 0) is 50.1 Å². The molecular weight excluding hydrogens is 316 g/mol. The number of hydrogen-bond donors (Lipinski definition) is 2. The summed E-state index contributed by atoms with van der Waals surface area (Å²) in [6, 6.07) is 9.45. The van der Waals surface area contributed by atoms with Crippen molar-refractivity contribution >= 4 is 5.91 Å². The van der Waals surface area contributed by atoms with Gasteiger partial charge < -0.3 is 14.9 Å². The van der Waals surface area contributed by atoms with E-state index in [9.17, 15) is 9.59 Å². The lowest BCUT2D eigenvalue weighted by Crippen LogP contribution is -2.29. The normalized spacial score (nSPS) is 10.7. The number of aryl methyl sites for hydroxylation is 3. The van der Waals surface area contributed by atoms with Crippen molar-refractivity contribution in [3.05, 3.63) is 81.3 Å². The number of rotatable bonds is 4. The third-order valence-electron chi connectivity index (χ3n) is 4.24. The number of benzene rings is 1. The van der Waals surface area contributed by atoms with Crippen LogP contribution in [0.4, 0.5) is 0 Å². The van der Waals surface area contributed by atoms with Crippen LogP contribution in [0.1, 0.15) is 33.0 Å². The maximum atomic E-state index is 12.3. The average Bonchev–Trinajstić information content (AvgIpc) is 3.02. The third kappa shape index (κ3) is 3.52. The fourth-order valence-electron chi connectivity index (χ4n) is 2.60. The maximum Gasteiger partial charge on any atom is 0.261 e. The molecule has 0 radical (unpaired) electrons. The van der Waals surface area contributed by atoms with Gasteiger partial charge in [0.05, 0.1) is 0 Å². The van der Waals surface area contributed by atoms with Crippen molar-refractivity contribution in [3.63, 3.8) is 0 Å². The number of nitrogens with zero attached hydrogens (tertiary/aromatic N) is 2. The van der Waals surface area contributed by atoms with Gasteiger partial charge in [0, 0.05) is 30.3 Å². The lowest BCUT2D eigenvalue weighted by molar-refractivity contribution is 0.0949. The van der Waals surface area contributed by atoms with E-state index in [2.05, 4.69) is 15.3 Å². The Hall–Kier alpha value is -3.15. The smallest absolute Gasteiger partial charge is 0.261 e. The predicted molar refractivity (Wildman–Crippen MR) is 96.0 cm³/mol. The van der Waals surface area contributed by atoms with Crippen molar-refractivity contribution in [2.75, 3.05) is 0 Å². The van der Waals surface area contributed by atoms with Crippen molar-refractivity contribution in [1.29, 1.82) is 0 Å². The van der Waals surface area contributed by atoms with Crippen LogP contribution in [0.25, 0.3) is 5.69 Å². The highest BCUT2D eigenvalue weighted by Gasteiger charge is 2.11. The number of aromatic amines is 1. The van der Waals surface area contributed by atoms with Crippen molar-refractivity contribution in [2.24, 2.45) is 0 Å². The first-order valence-corrected chi connectivity index (χ1v) is 8.03. The van der Waals surface area contributed by atoms with Gasteiger partial charge in [0.1, 0.15) is 11.4 Å². The summed E-state index contributed by atoms with van der Waals surface area (Å²) in [5, 5.41) is 2.79. The molecule has 0 atom stereocenters. The van der Waals surface area contributed by atoms with Gasteiger partial charge in [-0.15, -0.1) is 0 Å². The van der Waals surface area contributed by atoms with Crippen LogP contribution in [-0.4, -0.2) is 20.4 Å². The number of amides is 1. The molecular formula is C19H20N4O2. The number of hydrogen-bond acceptors (Lipinski definition) is 3. The Kier molecular flexibility index (Phi) is 4.52. The molecule has 0 bridgehead atoms. The van der Waals surface area contributed by atoms with Crippen LogP contribution >= 0.6 is 0 Å². The molecule has 0 saturated carbocycles. The van der Waals surface area contributed by atoms with Crippen LogP contribution in [0.3, 0.4) is 0 Å². The van der Waals surface area contributed by atoms with Gasteiger partial charge >= 0.3 is 0 Å². The minimum absolute atomic E-state index is 0.133. The number of nitrogens with one attached hydrogen (secondary N) is 2. The third-order valence-corrected chi connectivity index (χ3v) is 4.24. The van der Waals surface area contributed by atoms with Crippen LogP contribution in [0.2, 0.25) is 0 Å². The highest BCUT2D eigenvalue weighted by molar-refractivity contribution is 5.93. The van der Waals surface area contributed by atoms with Crippen molar-refractivity contribution in [1.82, 2.24) is 19.9 Å². The summed E-state index contributed by atoms with van der Waals surface area (Å²) in [7, 11) is 0. The number of carbonyl (C=O) groups excluding carboxylic acids is 1. The zero-order valence-corrected chi connectivity index (χ0v) is 14.5. The molecule has 0 aliphatic rings. The van der Waals surface area contributed by atoms with Gasteiger partial charge in [0.15, 0.2) is 0 Å². The van der Waals surface area contributed by atoms with Crippen molar-refractivity contribution in [3.8, 4) is 5.69 Å². The summed E-state index contributed by atoms with van der Waals surface area (Å²) in [5.41, 5.74) is 3.38. The van der Waals surface area contributed by atoms with Gasteiger partial charge in [0.2, 0.25) is 0 Å². The highest BCUT2D eigenvalue weighted by Crippen LogP contribution is 2.12. The maximum absolute atomic E-state index is 12.3. The number of aromatic nitrogens is 3. The van der Waals surface area contributed by atoms with E-state index in [1.807, 2.05) is 55.8 Å². The van der Waals surface area contributed by atoms with E-state index in [0.29, 0.717) is 6.54 Å². The van der Waals surface area contributed by atoms with E-state index >= 15 is 0 Å². The average molecular weight is 336 g/mol. The second-order valence-corrected chi connectivity index (χ2v) is 6.01. The second-order valence-electron chi connectivity index (χ2n) is 6.01. The molecule has 0 spiro atoms. The fourth-order valence-corrected chi connectivity index (χ4v) is 2.60. The Labute approximate surface area is 145 Å². The molecule has 6 heteroatoms. The molecule has 1 aromatic carbocycles. The number of imidazole rings is 1. The largest absolute Gasteiger partial charge is 0.348 e. The van der Waals surface area contributed by atoms with Gasteiger partial charge in [-0.1, -0.05) is 12.1 Å². The summed E-state index contributed by atoms with van der Waals surface area (Å²) in [4.78, 5) is 31.1. The monoisotopic (exact) mass is 336 g/mol. The van der Waals surface area contributed by atoms with Crippen molar-refractivity contribution < 1.29 is 4.79 Å². The summed E-state index contributed by atoms with van der Waals surface area (Å²) < 4.78 is 1.98. The molecule has 3 rings (SSSR count). The zero-order valence-electron chi connectivity index (χ0n) is 14.5. The first-order chi connectivity index (χ1) is 12.0. The van der Waals surface area contributed by atoms with Crippen molar-refractivity contribution in [2.45, 2.75) is 27.3 Å².